The number of aromatic amines is 2. The van der Waals surface area contributed by atoms with Crippen LogP contribution in [0.1, 0.15) is 20.7 Å². The highest BCUT2D eigenvalue weighted by molar-refractivity contribution is 6.30. The topological polar surface area (TPSA) is 137 Å². The summed E-state index contributed by atoms with van der Waals surface area (Å²) in [5, 5.41) is 14.3. The number of hydrogen-bond donors (Lipinski definition) is 4. The number of aromatic nitrogens is 3. The molecule has 0 radical (unpaired) electrons. The van der Waals surface area contributed by atoms with Crippen molar-refractivity contribution in [1.82, 2.24) is 14.6 Å². The number of rotatable bonds is 4. The second-order valence-electron chi connectivity index (χ2n) is 6.37. The van der Waals surface area contributed by atoms with Gasteiger partial charge in [-0.1, -0.05) is 29.8 Å². The molecule has 1 amide bonds. The van der Waals surface area contributed by atoms with E-state index in [0.29, 0.717) is 16.3 Å². The minimum atomic E-state index is -1.16. The van der Waals surface area contributed by atoms with Crippen molar-refractivity contribution in [3.63, 3.8) is 0 Å². The van der Waals surface area contributed by atoms with E-state index in [1.165, 1.54) is 30.3 Å². The number of benzene rings is 2. The van der Waals surface area contributed by atoms with Gasteiger partial charge in [0.25, 0.3) is 17.0 Å². The van der Waals surface area contributed by atoms with Crippen molar-refractivity contribution in [1.29, 1.82) is 0 Å². The van der Waals surface area contributed by atoms with E-state index in [1.54, 1.807) is 24.3 Å². The smallest absolute Gasteiger partial charge is 0.335 e. The summed E-state index contributed by atoms with van der Waals surface area (Å²) in [6.45, 7) is 0. The van der Waals surface area contributed by atoms with Crippen LogP contribution in [0.5, 0.6) is 0 Å². The third kappa shape index (κ3) is 3.49. The Morgan fingerprint density at radius 1 is 1.03 bits per heavy atom. The summed E-state index contributed by atoms with van der Waals surface area (Å²) in [5.41, 5.74) is -0.570. The van der Waals surface area contributed by atoms with Gasteiger partial charge >= 0.3 is 5.97 Å². The molecule has 0 saturated heterocycles. The molecule has 2 heterocycles. The summed E-state index contributed by atoms with van der Waals surface area (Å²) in [5.74, 6) is -1.96. The van der Waals surface area contributed by atoms with Crippen molar-refractivity contribution < 1.29 is 14.7 Å². The monoisotopic (exact) mass is 424 g/mol. The second-order valence-corrected chi connectivity index (χ2v) is 6.81. The zero-order valence-corrected chi connectivity index (χ0v) is 15.9. The average molecular weight is 425 g/mol. The molecule has 0 aliphatic carbocycles. The van der Waals surface area contributed by atoms with Crippen LogP contribution in [0.15, 0.2) is 64.2 Å². The number of aromatic carboxylic acids is 1. The fourth-order valence-corrected chi connectivity index (χ4v) is 3.20. The number of carbonyl (C=O) groups is 2. The van der Waals surface area contributed by atoms with E-state index in [0.717, 1.165) is 4.52 Å². The van der Waals surface area contributed by atoms with Gasteiger partial charge in [-0.25, -0.2) is 4.79 Å². The summed E-state index contributed by atoms with van der Waals surface area (Å²) >= 11 is 6.00. The largest absolute Gasteiger partial charge is 0.478 e. The lowest BCUT2D eigenvalue weighted by Crippen LogP contribution is -2.20. The Morgan fingerprint density at radius 2 is 1.80 bits per heavy atom. The fraction of sp³-hybridized carbons (Fsp3) is 0. The first kappa shape index (κ1) is 19.2. The first-order valence-corrected chi connectivity index (χ1v) is 9.00. The van der Waals surface area contributed by atoms with Gasteiger partial charge in [0.15, 0.2) is 5.65 Å². The number of halogens is 1. The quantitative estimate of drug-likeness (QED) is 0.399. The van der Waals surface area contributed by atoms with Gasteiger partial charge in [0.05, 0.1) is 11.3 Å². The van der Waals surface area contributed by atoms with Crippen LogP contribution in [0.25, 0.3) is 16.9 Å². The predicted octanol–water partition coefficient (Wildman–Crippen LogP) is 2.59. The van der Waals surface area contributed by atoms with E-state index in [1.807, 2.05) is 0 Å². The minimum Gasteiger partial charge on any atom is -0.478 e. The summed E-state index contributed by atoms with van der Waals surface area (Å²) in [7, 11) is 0. The standard InChI is InChI=1S/C20H13ClN4O5/c21-12-5-1-3-10(7-12)14-9-15(26)25-17(23-14)16(19(28)24-25)18(27)22-13-6-2-4-11(8-13)20(29)30/h1-9,23H,(H,22,27)(H,24,28)(H,29,30). The minimum absolute atomic E-state index is 0.0277. The molecule has 0 saturated carbocycles. The summed E-state index contributed by atoms with van der Waals surface area (Å²) in [6, 6.07) is 13.6. The number of carbonyl (C=O) groups excluding carboxylic acids is 1. The van der Waals surface area contributed by atoms with Crippen molar-refractivity contribution >= 4 is 34.8 Å². The first-order chi connectivity index (χ1) is 14.3. The Balaban J connectivity index is 1.80. The average Bonchev–Trinajstić information content (AvgIpc) is 3.04. The number of nitrogens with one attached hydrogen (secondary N) is 3. The summed E-state index contributed by atoms with van der Waals surface area (Å²) in [4.78, 5) is 51.6. The van der Waals surface area contributed by atoms with Crippen LogP contribution in [-0.4, -0.2) is 31.6 Å². The highest BCUT2D eigenvalue weighted by Crippen LogP contribution is 2.21. The van der Waals surface area contributed by atoms with Gasteiger partial charge in [-0.15, -0.1) is 0 Å². The molecule has 0 spiro atoms. The van der Waals surface area contributed by atoms with Crippen molar-refractivity contribution in [2.24, 2.45) is 0 Å². The molecule has 150 valence electrons. The maximum absolute atomic E-state index is 12.8. The molecule has 0 aliphatic heterocycles. The molecule has 0 atom stereocenters. The number of amides is 1. The number of nitrogens with zero attached hydrogens (tertiary/aromatic N) is 1. The zero-order valence-electron chi connectivity index (χ0n) is 15.1. The SMILES string of the molecule is O=C(O)c1cccc(NC(=O)c2c(=O)[nH]n3c(=O)cc(-c4cccc(Cl)c4)[nH]c23)c1. The third-order valence-corrected chi connectivity index (χ3v) is 4.61. The molecule has 2 aromatic carbocycles. The molecule has 4 N–H and O–H groups in total. The number of carboxylic acids is 1. The highest BCUT2D eigenvalue weighted by Gasteiger charge is 2.20. The number of fused-ring (bicyclic) bond motifs is 1. The van der Waals surface area contributed by atoms with Gasteiger partial charge in [-0.3, -0.25) is 19.5 Å². The normalized spacial score (nSPS) is 10.8. The molecular weight excluding hydrogens is 412 g/mol. The Hall–Kier alpha value is -4.11. The third-order valence-electron chi connectivity index (χ3n) is 4.37. The number of H-pyrrole nitrogens is 2. The van der Waals surface area contributed by atoms with Gasteiger partial charge in [0.1, 0.15) is 5.56 Å². The molecule has 4 aromatic rings. The van der Waals surface area contributed by atoms with Crippen LogP contribution in [0, 0.1) is 0 Å². The maximum Gasteiger partial charge on any atom is 0.335 e. The molecule has 0 fully saturated rings. The lowest BCUT2D eigenvalue weighted by Gasteiger charge is -2.06. The molecule has 30 heavy (non-hydrogen) atoms. The highest BCUT2D eigenvalue weighted by atomic mass is 35.5. The predicted molar refractivity (Wildman–Crippen MR) is 110 cm³/mol. The molecular formula is C20H13ClN4O5. The zero-order chi connectivity index (χ0) is 21.4. The molecule has 9 nitrogen and oxygen atoms in total. The van der Waals surface area contributed by atoms with Gasteiger partial charge in [-0.2, -0.15) is 4.52 Å². The molecule has 0 aliphatic rings. The molecule has 2 aromatic heterocycles. The molecule has 10 heteroatoms. The van der Waals surface area contributed by atoms with Crippen LogP contribution >= 0.6 is 11.6 Å². The maximum atomic E-state index is 12.8. The van der Waals surface area contributed by atoms with Gasteiger partial charge in [0.2, 0.25) is 0 Å². The summed E-state index contributed by atoms with van der Waals surface area (Å²) < 4.78 is 0.930. The van der Waals surface area contributed by atoms with E-state index in [-0.39, 0.29) is 22.5 Å². The molecule has 0 unspecified atom stereocenters. The van der Waals surface area contributed by atoms with E-state index < -0.39 is 23.0 Å². The number of hydrogen-bond acceptors (Lipinski definition) is 4. The Bertz CT molecular complexity index is 1430. The van der Waals surface area contributed by atoms with Crippen LogP contribution in [0.4, 0.5) is 5.69 Å². The lowest BCUT2D eigenvalue weighted by molar-refractivity contribution is 0.0696. The van der Waals surface area contributed by atoms with Crippen molar-refractivity contribution in [3.8, 4) is 11.3 Å². The van der Waals surface area contributed by atoms with E-state index >= 15 is 0 Å². The number of anilines is 1. The fourth-order valence-electron chi connectivity index (χ4n) is 3.01. The van der Waals surface area contributed by atoms with Crippen molar-refractivity contribution in [2.75, 3.05) is 5.32 Å². The van der Waals surface area contributed by atoms with Crippen LogP contribution in [0.3, 0.4) is 0 Å². The van der Waals surface area contributed by atoms with Crippen LogP contribution in [-0.2, 0) is 0 Å². The van der Waals surface area contributed by atoms with Crippen molar-refractivity contribution in [2.45, 2.75) is 0 Å². The van der Waals surface area contributed by atoms with E-state index in [2.05, 4.69) is 15.4 Å². The van der Waals surface area contributed by atoms with Crippen molar-refractivity contribution in [3.05, 3.63) is 91.5 Å². The first-order valence-electron chi connectivity index (χ1n) is 8.62. The second kappa shape index (κ2) is 7.37. The Labute approximate surface area is 172 Å². The summed E-state index contributed by atoms with van der Waals surface area (Å²) in [6.07, 6.45) is 0. The van der Waals surface area contributed by atoms with Gasteiger partial charge in [-0.05, 0) is 35.9 Å². The lowest BCUT2D eigenvalue weighted by atomic mass is 10.1. The Morgan fingerprint density at radius 3 is 2.53 bits per heavy atom. The van der Waals surface area contributed by atoms with E-state index in [9.17, 15) is 19.2 Å². The molecule has 4 rings (SSSR count). The number of carboxylic acid groups (broad SMARTS) is 1. The van der Waals surface area contributed by atoms with Crippen LogP contribution < -0.4 is 16.4 Å². The Kier molecular flexibility index (Phi) is 4.72. The van der Waals surface area contributed by atoms with E-state index in [4.69, 9.17) is 16.7 Å². The van der Waals surface area contributed by atoms with Crippen LogP contribution in [0.2, 0.25) is 5.02 Å². The molecule has 0 bridgehead atoms. The van der Waals surface area contributed by atoms with Gasteiger partial charge < -0.3 is 15.4 Å². The van der Waals surface area contributed by atoms with Gasteiger partial charge in [0, 0.05) is 16.8 Å².